The number of benzene rings is 1. The lowest BCUT2D eigenvalue weighted by molar-refractivity contribution is -0.124. The molecule has 1 N–H and O–H groups in total. The number of aryl methyl sites for hydroxylation is 2. The average molecular weight is 287 g/mol. The zero-order valence-electron chi connectivity index (χ0n) is 12.0. The van der Waals surface area contributed by atoms with Crippen molar-refractivity contribution in [2.24, 2.45) is 11.8 Å². The number of phenolic OH excluding ortho intramolecular Hbond substituents is 1. The molecule has 2 amide bonds. The van der Waals surface area contributed by atoms with Gasteiger partial charge in [-0.1, -0.05) is 0 Å². The van der Waals surface area contributed by atoms with Crippen molar-refractivity contribution in [3.05, 3.63) is 23.3 Å². The van der Waals surface area contributed by atoms with Crippen molar-refractivity contribution in [3.8, 4) is 5.75 Å². The molecule has 3 aliphatic heterocycles. The molecule has 1 aromatic rings. The van der Waals surface area contributed by atoms with E-state index < -0.39 is 0 Å². The summed E-state index contributed by atoms with van der Waals surface area (Å²) in [7, 11) is 0. The van der Waals surface area contributed by atoms with Crippen LogP contribution in [0.15, 0.2) is 12.1 Å². The molecule has 3 heterocycles. The summed E-state index contributed by atoms with van der Waals surface area (Å²) in [6.45, 7) is 3.78. The quantitative estimate of drug-likeness (QED) is 0.798. The number of carbonyl (C=O) groups is 2. The van der Waals surface area contributed by atoms with Gasteiger partial charge in [0.1, 0.15) is 5.75 Å². The molecule has 5 nitrogen and oxygen atoms in total. The zero-order valence-corrected chi connectivity index (χ0v) is 12.0. The lowest BCUT2D eigenvalue weighted by Crippen LogP contribution is -2.34. The van der Waals surface area contributed by atoms with Crippen LogP contribution in [0.1, 0.15) is 24.0 Å². The van der Waals surface area contributed by atoms with E-state index in [1.165, 1.54) is 4.90 Å². The van der Waals surface area contributed by atoms with Crippen LogP contribution in [0.4, 0.5) is 5.69 Å². The van der Waals surface area contributed by atoms with E-state index >= 15 is 0 Å². The van der Waals surface area contributed by atoms with Crippen LogP contribution in [0.5, 0.6) is 5.75 Å². The van der Waals surface area contributed by atoms with Crippen molar-refractivity contribution < 1.29 is 19.4 Å². The minimum atomic E-state index is -0.364. The molecule has 3 fully saturated rings. The molecular formula is C16H17NO4. The molecule has 4 rings (SSSR count). The van der Waals surface area contributed by atoms with Crippen LogP contribution < -0.4 is 4.90 Å². The summed E-state index contributed by atoms with van der Waals surface area (Å²) in [6.07, 6.45) is 1.43. The van der Waals surface area contributed by atoms with Gasteiger partial charge in [0.2, 0.25) is 11.8 Å². The molecule has 1 aromatic carbocycles. The predicted molar refractivity (Wildman–Crippen MR) is 74.9 cm³/mol. The third-order valence-electron chi connectivity index (χ3n) is 5.12. The number of carbonyl (C=O) groups excluding carboxylic acids is 2. The van der Waals surface area contributed by atoms with Gasteiger partial charge in [-0.3, -0.25) is 9.59 Å². The number of anilines is 1. The fourth-order valence-electron chi connectivity index (χ4n) is 3.91. The highest BCUT2D eigenvalue weighted by molar-refractivity contribution is 6.23. The molecule has 3 aliphatic rings. The molecular weight excluding hydrogens is 270 g/mol. The van der Waals surface area contributed by atoms with Gasteiger partial charge >= 0.3 is 0 Å². The summed E-state index contributed by atoms with van der Waals surface area (Å²) in [4.78, 5) is 26.5. The van der Waals surface area contributed by atoms with Crippen LogP contribution >= 0.6 is 0 Å². The van der Waals surface area contributed by atoms with E-state index in [0.717, 1.165) is 24.0 Å². The fraction of sp³-hybridized carbons (Fsp3) is 0.500. The largest absolute Gasteiger partial charge is 0.506 e. The summed E-state index contributed by atoms with van der Waals surface area (Å²) in [5.74, 6) is -1.20. The Morgan fingerprint density at radius 1 is 1.05 bits per heavy atom. The monoisotopic (exact) mass is 287 g/mol. The van der Waals surface area contributed by atoms with Gasteiger partial charge in [0, 0.05) is 0 Å². The molecule has 0 aromatic heterocycles. The summed E-state index contributed by atoms with van der Waals surface area (Å²) >= 11 is 0. The van der Waals surface area contributed by atoms with E-state index in [-0.39, 0.29) is 41.6 Å². The van der Waals surface area contributed by atoms with E-state index in [4.69, 9.17) is 4.74 Å². The van der Waals surface area contributed by atoms with Crippen molar-refractivity contribution >= 4 is 17.5 Å². The summed E-state index contributed by atoms with van der Waals surface area (Å²) in [5.41, 5.74) is 2.18. The topological polar surface area (TPSA) is 66.8 Å². The number of rotatable bonds is 1. The van der Waals surface area contributed by atoms with Gasteiger partial charge in [-0.2, -0.15) is 0 Å². The number of ether oxygens (including phenoxy) is 1. The average Bonchev–Trinajstić information content (AvgIpc) is 3.09. The Morgan fingerprint density at radius 3 is 2.14 bits per heavy atom. The van der Waals surface area contributed by atoms with Crippen molar-refractivity contribution in [1.29, 1.82) is 0 Å². The molecule has 4 unspecified atom stereocenters. The van der Waals surface area contributed by atoms with Crippen molar-refractivity contribution in [2.45, 2.75) is 38.9 Å². The van der Waals surface area contributed by atoms with Crippen molar-refractivity contribution in [1.82, 2.24) is 0 Å². The number of hydrogen-bond acceptors (Lipinski definition) is 4. The molecule has 110 valence electrons. The number of aromatic hydroxyl groups is 1. The third kappa shape index (κ3) is 1.55. The second kappa shape index (κ2) is 4.07. The lowest BCUT2D eigenvalue weighted by Gasteiger charge is -2.19. The van der Waals surface area contributed by atoms with Gasteiger partial charge in [0.05, 0.1) is 29.7 Å². The van der Waals surface area contributed by atoms with Crippen LogP contribution in [0.25, 0.3) is 0 Å². The van der Waals surface area contributed by atoms with Crippen LogP contribution in [0, 0.1) is 25.7 Å². The summed E-state index contributed by atoms with van der Waals surface area (Å²) in [6, 6.07) is 3.31. The van der Waals surface area contributed by atoms with E-state index in [2.05, 4.69) is 0 Å². The zero-order chi connectivity index (χ0) is 14.9. The Morgan fingerprint density at radius 2 is 1.57 bits per heavy atom. The van der Waals surface area contributed by atoms with Crippen molar-refractivity contribution in [2.75, 3.05) is 4.90 Å². The first-order chi connectivity index (χ1) is 9.99. The molecule has 0 aliphatic carbocycles. The number of phenols is 1. The first-order valence-corrected chi connectivity index (χ1v) is 7.32. The van der Waals surface area contributed by atoms with Crippen LogP contribution in [-0.4, -0.2) is 29.1 Å². The summed E-state index contributed by atoms with van der Waals surface area (Å²) < 4.78 is 5.71. The maximum Gasteiger partial charge on any atom is 0.240 e. The standard InChI is InChI=1S/C16H17NO4/c1-7-5-9(10(18)6-8(7)2)17-15(19)13-11-3-4-12(21-11)14(13)16(17)20/h5-6,11-14,18H,3-4H2,1-2H3. The first-order valence-electron chi connectivity index (χ1n) is 7.32. The highest BCUT2D eigenvalue weighted by Crippen LogP contribution is 2.50. The number of amides is 2. The molecule has 0 radical (unpaired) electrons. The first kappa shape index (κ1) is 12.8. The molecule has 0 spiro atoms. The Kier molecular flexibility index (Phi) is 2.49. The number of nitrogens with zero attached hydrogens (tertiary/aromatic N) is 1. The van der Waals surface area contributed by atoms with Crippen LogP contribution in [-0.2, 0) is 14.3 Å². The minimum absolute atomic E-state index is 0.0203. The molecule has 5 heteroatoms. The van der Waals surface area contributed by atoms with Crippen molar-refractivity contribution in [3.63, 3.8) is 0 Å². The maximum atomic E-state index is 12.7. The molecule has 0 saturated carbocycles. The van der Waals surface area contributed by atoms with E-state index in [1.807, 2.05) is 13.8 Å². The van der Waals surface area contributed by atoms with Gasteiger partial charge in [-0.05, 0) is 49.9 Å². The maximum absolute atomic E-state index is 12.7. The second-order valence-electron chi connectivity index (χ2n) is 6.28. The Hall–Kier alpha value is -1.88. The normalized spacial score (nSPS) is 33.9. The Labute approximate surface area is 122 Å². The molecule has 2 bridgehead atoms. The van der Waals surface area contributed by atoms with E-state index in [0.29, 0.717) is 5.69 Å². The molecule has 21 heavy (non-hydrogen) atoms. The minimum Gasteiger partial charge on any atom is -0.506 e. The highest BCUT2D eigenvalue weighted by Gasteiger charge is 2.62. The molecule has 4 atom stereocenters. The van der Waals surface area contributed by atoms with Crippen LogP contribution in [0.3, 0.4) is 0 Å². The van der Waals surface area contributed by atoms with Gasteiger partial charge in [-0.25, -0.2) is 4.90 Å². The second-order valence-corrected chi connectivity index (χ2v) is 6.28. The van der Waals surface area contributed by atoms with Gasteiger partial charge in [-0.15, -0.1) is 0 Å². The number of fused-ring (bicyclic) bond motifs is 5. The highest BCUT2D eigenvalue weighted by atomic mass is 16.5. The SMILES string of the molecule is Cc1cc(O)c(N2C(=O)C3C4CCC(O4)C3C2=O)cc1C. The molecule has 3 saturated heterocycles. The third-order valence-corrected chi connectivity index (χ3v) is 5.12. The van der Waals surface area contributed by atoms with Gasteiger partial charge in [0.15, 0.2) is 0 Å². The predicted octanol–water partition coefficient (Wildman–Crippen LogP) is 1.68. The lowest BCUT2D eigenvalue weighted by atomic mass is 9.81. The Balaban J connectivity index is 1.79. The van der Waals surface area contributed by atoms with Gasteiger partial charge in [0.25, 0.3) is 0 Å². The van der Waals surface area contributed by atoms with E-state index in [1.54, 1.807) is 12.1 Å². The fourth-order valence-corrected chi connectivity index (χ4v) is 3.91. The number of hydrogen-bond donors (Lipinski definition) is 1. The number of imide groups is 1. The Bertz CT molecular complexity index is 640. The van der Waals surface area contributed by atoms with Crippen LogP contribution in [0.2, 0.25) is 0 Å². The smallest absolute Gasteiger partial charge is 0.240 e. The van der Waals surface area contributed by atoms with E-state index in [9.17, 15) is 14.7 Å². The van der Waals surface area contributed by atoms with Gasteiger partial charge < -0.3 is 9.84 Å². The summed E-state index contributed by atoms with van der Waals surface area (Å²) in [5, 5.41) is 10.1.